The molecular formula is C12H23N. The molecule has 76 valence electrons. The van der Waals surface area contributed by atoms with E-state index >= 15 is 0 Å². The van der Waals surface area contributed by atoms with Gasteiger partial charge >= 0.3 is 0 Å². The van der Waals surface area contributed by atoms with Crippen LogP contribution in [0.2, 0.25) is 0 Å². The van der Waals surface area contributed by atoms with Gasteiger partial charge in [0.1, 0.15) is 0 Å². The molecule has 1 nitrogen and oxygen atoms in total. The van der Waals surface area contributed by atoms with Crippen molar-refractivity contribution in [3.05, 3.63) is 0 Å². The van der Waals surface area contributed by atoms with Gasteiger partial charge in [0.05, 0.1) is 0 Å². The average molecular weight is 181 g/mol. The van der Waals surface area contributed by atoms with E-state index in [-0.39, 0.29) is 0 Å². The summed E-state index contributed by atoms with van der Waals surface area (Å²) in [7, 11) is 0. The van der Waals surface area contributed by atoms with E-state index < -0.39 is 0 Å². The summed E-state index contributed by atoms with van der Waals surface area (Å²) in [5, 5.41) is 3.73. The van der Waals surface area contributed by atoms with Crippen LogP contribution in [0.5, 0.6) is 0 Å². The Kier molecular flexibility index (Phi) is 2.18. The highest BCUT2D eigenvalue weighted by Gasteiger charge is 2.48. The Morgan fingerprint density at radius 3 is 2.31 bits per heavy atom. The van der Waals surface area contributed by atoms with Crippen molar-refractivity contribution >= 4 is 0 Å². The smallest absolute Gasteiger partial charge is 0.0187 e. The second-order valence-corrected chi connectivity index (χ2v) is 6.14. The zero-order chi connectivity index (χ0) is 9.53. The fourth-order valence-electron chi connectivity index (χ4n) is 2.87. The van der Waals surface area contributed by atoms with Crippen molar-refractivity contribution in [1.29, 1.82) is 0 Å². The monoisotopic (exact) mass is 181 g/mol. The molecule has 2 aliphatic rings. The number of hydrogen-bond acceptors (Lipinski definition) is 1. The van der Waals surface area contributed by atoms with E-state index in [1.54, 1.807) is 0 Å². The van der Waals surface area contributed by atoms with E-state index in [0.29, 0.717) is 11.0 Å². The van der Waals surface area contributed by atoms with Crippen molar-refractivity contribution < 1.29 is 0 Å². The fourth-order valence-corrected chi connectivity index (χ4v) is 2.87. The fraction of sp³-hybridized carbons (Fsp3) is 1.00. The minimum absolute atomic E-state index is 0.532. The summed E-state index contributed by atoms with van der Waals surface area (Å²) < 4.78 is 0. The molecule has 0 atom stereocenters. The van der Waals surface area contributed by atoms with Gasteiger partial charge in [0.15, 0.2) is 0 Å². The summed E-state index contributed by atoms with van der Waals surface area (Å²) in [6.07, 6.45) is 7.12. The van der Waals surface area contributed by atoms with Crippen molar-refractivity contribution in [3.63, 3.8) is 0 Å². The minimum atomic E-state index is 0.532. The zero-order valence-corrected chi connectivity index (χ0v) is 9.32. The lowest BCUT2D eigenvalue weighted by atomic mass is 9.57. The van der Waals surface area contributed by atoms with Crippen LogP contribution < -0.4 is 5.32 Å². The molecule has 0 unspecified atom stereocenters. The van der Waals surface area contributed by atoms with Gasteiger partial charge in [-0.1, -0.05) is 27.2 Å². The molecule has 0 aromatic carbocycles. The number of hydrogen-bond donors (Lipinski definition) is 1. The normalized spacial score (nSPS) is 40.4. The van der Waals surface area contributed by atoms with Gasteiger partial charge in [-0.05, 0) is 43.6 Å². The first-order valence-corrected chi connectivity index (χ1v) is 5.77. The Balaban J connectivity index is 1.88. The zero-order valence-electron chi connectivity index (χ0n) is 9.32. The van der Waals surface area contributed by atoms with Gasteiger partial charge in [0.2, 0.25) is 0 Å². The van der Waals surface area contributed by atoms with E-state index in [0.717, 1.165) is 5.92 Å². The molecule has 2 fully saturated rings. The lowest BCUT2D eigenvalue weighted by Crippen LogP contribution is -2.59. The molecule has 1 saturated heterocycles. The summed E-state index contributed by atoms with van der Waals surface area (Å²) in [5.74, 6) is 0.957. The Morgan fingerprint density at radius 1 is 1.15 bits per heavy atom. The van der Waals surface area contributed by atoms with Crippen LogP contribution in [-0.2, 0) is 0 Å². The topological polar surface area (TPSA) is 12.0 Å². The predicted octanol–water partition coefficient (Wildman–Crippen LogP) is 2.95. The molecule has 1 aliphatic heterocycles. The predicted molar refractivity (Wildman–Crippen MR) is 56.8 cm³/mol. The van der Waals surface area contributed by atoms with E-state index in [2.05, 4.69) is 26.1 Å². The molecule has 1 N–H and O–H groups in total. The van der Waals surface area contributed by atoms with Crippen LogP contribution in [0, 0.1) is 11.3 Å². The highest BCUT2D eigenvalue weighted by atomic mass is 15.0. The van der Waals surface area contributed by atoms with Crippen molar-refractivity contribution in [2.45, 2.75) is 58.4 Å². The minimum Gasteiger partial charge on any atom is -0.311 e. The first-order valence-electron chi connectivity index (χ1n) is 5.77. The molecule has 0 aromatic heterocycles. The third-order valence-corrected chi connectivity index (χ3v) is 4.08. The van der Waals surface area contributed by atoms with Gasteiger partial charge < -0.3 is 5.32 Å². The summed E-state index contributed by atoms with van der Waals surface area (Å²) in [6.45, 7) is 8.41. The molecule has 0 amide bonds. The van der Waals surface area contributed by atoms with Crippen LogP contribution >= 0.6 is 0 Å². The summed E-state index contributed by atoms with van der Waals surface area (Å²) in [4.78, 5) is 0. The van der Waals surface area contributed by atoms with E-state index in [1.165, 1.54) is 38.6 Å². The third-order valence-electron chi connectivity index (χ3n) is 4.08. The second-order valence-electron chi connectivity index (χ2n) is 6.14. The van der Waals surface area contributed by atoms with Gasteiger partial charge in [-0.3, -0.25) is 0 Å². The van der Waals surface area contributed by atoms with Crippen molar-refractivity contribution in [2.24, 2.45) is 11.3 Å². The second kappa shape index (κ2) is 2.98. The lowest BCUT2D eigenvalue weighted by Gasteiger charge is -2.55. The number of piperidine rings is 1. The first-order chi connectivity index (χ1) is 6.02. The standard InChI is InChI=1S/C12H23N/c1-11(2,3)10-8-12(9-10)6-4-5-7-13-12/h10,13H,4-9H2,1-3H3. The Morgan fingerprint density at radius 2 is 1.85 bits per heavy atom. The summed E-state index contributed by atoms with van der Waals surface area (Å²) in [5.41, 5.74) is 1.11. The van der Waals surface area contributed by atoms with Crippen molar-refractivity contribution in [1.82, 2.24) is 5.32 Å². The highest BCUT2D eigenvalue weighted by molar-refractivity contribution is 5.05. The SMILES string of the molecule is CC(C)(C)C1CC2(CCCCN2)C1. The van der Waals surface area contributed by atoms with E-state index in [4.69, 9.17) is 0 Å². The van der Waals surface area contributed by atoms with Crippen LogP contribution in [0.4, 0.5) is 0 Å². The summed E-state index contributed by atoms with van der Waals surface area (Å²) >= 11 is 0. The Bertz CT molecular complexity index is 176. The van der Waals surface area contributed by atoms with Crippen molar-refractivity contribution in [2.75, 3.05) is 6.54 Å². The molecule has 0 aromatic rings. The highest BCUT2D eigenvalue weighted by Crippen LogP contribution is 2.50. The third kappa shape index (κ3) is 1.76. The van der Waals surface area contributed by atoms with Crippen molar-refractivity contribution in [3.8, 4) is 0 Å². The van der Waals surface area contributed by atoms with Crippen LogP contribution in [0.25, 0.3) is 0 Å². The van der Waals surface area contributed by atoms with Gasteiger partial charge in [-0.15, -0.1) is 0 Å². The molecular weight excluding hydrogens is 158 g/mol. The number of rotatable bonds is 0. The van der Waals surface area contributed by atoms with Gasteiger partial charge in [0, 0.05) is 5.54 Å². The molecule has 1 heterocycles. The molecule has 1 aliphatic carbocycles. The molecule has 13 heavy (non-hydrogen) atoms. The Hall–Kier alpha value is -0.0400. The van der Waals surface area contributed by atoms with Crippen LogP contribution in [0.15, 0.2) is 0 Å². The maximum Gasteiger partial charge on any atom is 0.0187 e. The average Bonchev–Trinajstić information content (AvgIpc) is 2.00. The number of nitrogens with one attached hydrogen (secondary N) is 1. The van der Waals surface area contributed by atoms with E-state index in [9.17, 15) is 0 Å². The van der Waals surface area contributed by atoms with Crippen LogP contribution in [-0.4, -0.2) is 12.1 Å². The van der Waals surface area contributed by atoms with Gasteiger partial charge in [-0.2, -0.15) is 0 Å². The van der Waals surface area contributed by atoms with Gasteiger partial charge in [0.25, 0.3) is 0 Å². The molecule has 1 heteroatoms. The molecule has 1 spiro atoms. The molecule has 2 rings (SSSR count). The van der Waals surface area contributed by atoms with Crippen LogP contribution in [0.3, 0.4) is 0 Å². The maximum atomic E-state index is 3.73. The Labute approximate surface area is 82.3 Å². The molecule has 1 saturated carbocycles. The quantitative estimate of drug-likeness (QED) is 0.606. The molecule has 0 bridgehead atoms. The first kappa shape index (κ1) is 9.51. The molecule has 0 radical (unpaired) electrons. The van der Waals surface area contributed by atoms with E-state index in [1.807, 2.05) is 0 Å². The van der Waals surface area contributed by atoms with Crippen LogP contribution in [0.1, 0.15) is 52.9 Å². The summed E-state index contributed by atoms with van der Waals surface area (Å²) in [6, 6.07) is 0. The van der Waals surface area contributed by atoms with Gasteiger partial charge in [-0.25, -0.2) is 0 Å². The lowest BCUT2D eigenvalue weighted by molar-refractivity contribution is 0.00808. The maximum absolute atomic E-state index is 3.73. The largest absolute Gasteiger partial charge is 0.311 e.